The molecule has 0 saturated carbocycles. The summed E-state index contributed by atoms with van der Waals surface area (Å²) >= 11 is 0. The van der Waals surface area contributed by atoms with Crippen molar-refractivity contribution in [3.8, 4) is 17.6 Å². The molecule has 0 atom stereocenters. The fourth-order valence-corrected chi connectivity index (χ4v) is 2.68. The second kappa shape index (κ2) is 8.65. The summed E-state index contributed by atoms with van der Waals surface area (Å²) in [5.74, 6) is 0.288. The van der Waals surface area contributed by atoms with Gasteiger partial charge in [-0.25, -0.2) is 9.67 Å². The molecule has 10 heteroatoms. The van der Waals surface area contributed by atoms with Crippen LogP contribution in [0, 0.1) is 18.3 Å². The van der Waals surface area contributed by atoms with Gasteiger partial charge in [-0.1, -0.05) is 12.1 Å². The van der Waals surface area contributed by atoms with Gasteiger partial charge in [-0.3, -0.25) is 4.79 Å². The Morgan fingerprint density at radius 2 is 2.07 bits per heavy atom. The van der Waals surface area contributed by atoms with Crippen LogP contribution in [0.4, 0.5) is 13.2 Å². The van der Waals surface area contributed by atoms with Gasteiger partial charge in [0.1, 0.15) is 11.8 Å². The van der Waals surface area contributed by atoms with E-state index in [4.69, 9.17) is 10.00 Å². The van der Waals surface area contributed by atoms with Crippen LogP contribution in [0.25, 0.3) is 5.82 Å². The Bertz CT molecular complexity index is 1090. The third-order valence-electron chi connectivity index (χ3n) is 4.20. The fraction of sp³-hybridized carbons (Fsp3) is 0.200. The van der Waals surface area contributed by atoms with Crippen LogP contribution >= 0.6 is 0 Å². The summed E-state index contributed by atoms with van der Waals surface area (Å²) in [7, 11) is 0. The molecule has 7 nitrogen and oxygen atoms in total. The van der Waals surface area contributed by atoms with Gasteiger partial charge < -0.3 is 10.1 Å². The van der Waals surface area contributed by atoms with Crippen molar-refractivity contribution in [2.24, 2.45) is 0 Å². The summed E-state index contributed by atoms with van der Waals surface area (Å²) < 4.78 is 44.6. The lowest BCUT2D eigenvalue weighted by atomic mass is 10.2. The minimum Gasteiger partial charge on any atom is -0.479 e. The van der Waals surface area contributed by atoms with Crippen molar-refractivity contribution in [2.75, 3.05) is 6.61 Å². The van der Waals surface area contributed by atoms with Crippen LogP contribution in [0.1, 0.15) is 27.2 Å². The number of carbonyl (C=O) groups is 1. The van der Waals surface area contributed by atoms with Gasteiger partial charge in [-0.05, 0) is 36.8 Å². The van der Waals surface area contributed by atoms with Crippen LogP contribution in [-0.4, -0.2) is 27.3 Å². The van der Waals surface area contributed by atoms with Gasteiger partial charge in [0.05, 0.1) is 23.0 Å². The highest BCUT2D eigenvalue weighted by atomic mass is 19.4. The Kier molecular flexibility index (Phi) is 6.01. The molecule has 2 heterocycles. The molecule has 2 aromatic heterocycles. The maximum atomic E-state index is 12.7. The molecule has 0 unspecified atom stereocenters. The third-order valence-corrected chi connectivity index (χ3v) is 4.20. The lowest BCUT2D eigenvalue weighted by Gasteiger charge is -2.09. The zero-order chi connectivity index (χ0) is 21.7. The first-order valence-electron chi connectivity index (χ1n) is 8.74. The number of nitrogens with zero attached hydrogens (tertiary/aromatic N) is 4. The van der Waals surface area contributed by atoms with E-state index in [1.807, 2.05) is 6.07 Å². The standard InChI is InChI=1S/C20H16F3N5O2/c1-13-17(12-27-28(13)18-6-5-15(11-25-18)20(21,22)23)19(29)26-10-14-3-2-4-16(9-14)30-8-7-24/h2-6,9,11-12H,8,10H2,1H3,(H,26,29). The molecule has 3 aromatic rings. The Labute approximate surface area is 169 Å². The fourth-order valence-electron chi connectivity index (χ4n) is 2.68. The summed E-state index contributed by atoms with van der Waals surface area (Å²) in [6.07, 6.45) is -2.43. The SMILES string of the molecule is Cc1c(C(=O)NCc2cccc(OCC#N)c2)cnn1-c1ccc(C(F)(F)F)cn1. The number of benzene rings is 1. The first-order chi connectivity index (χ1) is 14.3. The maximum absolute atomic E-state index is 12.7. The zero-order valence-electron chi connectivity index (χ0n) is 15.8. The molecule has 1 N–H and O–H groups in total. The Morgan fingerprint density at radius 3 is 2.73 bits per heavy atom. The number of ether oxygens (including phenoxy) is 1. The summed E-state index contributed by atoms with van der Waals surface area (Å²) in [6, 6.07) is 10.9. The molecule has 0 fully saturated rings. The molecular formula is C20H16F3N5O2. The molecule has 0 aliphatic heterocycles. The summed E-state index contributed by atoms with van der Waals surface area (Å²) in [5.41, 5.74) is 0.614. The Morgan fingerprint density at radius 1 is 1.27 bits per heavy atom. The van der Waals surface area contributed by atoms with Crippen LogP contribution in [0.5, 0.6) is 5.75 Å². The lowest BCUT2D eigenvalue weighted by molar-refractivity contribution is -0.137. The predicted octanol–water partition coefficient (Wildman–Crippen LogP) is 3.43. The second-order valence-electron chi connectivity index (χ2n) is 6.24. The summed E-state index contributed by atoms with van der Waals surface area (Å²) in [5, 5.41) is 15.4. The van der Waals surface area contributed by atoms with Gasteiger partial charge in [0, 0.05) is 12.7 Å². The number of halogens is 3. The zero-order valence-corrected chi connectivity index (χ0v) is 15.8. The molecule has 30 heavy (non-hydrogen) atoms. The van der Waals surface area contributed by atoms with E-state index >= 15 is 0 Å². The molecule has 1 aromatic carbocycles. The molecule has 0 aliphatic carbocycles. The highest BCUT2D eigenvalue weighted by molar-refractivity contribution is 5.95. The predicted molar refractivity (Wildman–Crippen MR) is 99.8 cm³/mol. The smallest absolute Gasteiger partial charge is 0.417 e. The molecule has 1 amide bonds. The normalized spacial score (nSPS) is 11.0. The van der Waals surface area contributed by atoms with Crippen molar-refractivity contribution >= 4 is 5.91 Å². The number of carbonyl (C=O) groups excluding carboxylic acids is 1. The highest BCUT2D eigenvalue weighted by Crippen LogP contribution is 2.28. The Balaban J connectivity index is 1.70. The first-order valence-corrected chi connectivity index (χ1v) is 8.74. The van der Waals surface area contributed by atoms with Crippen molar-refractivity contribution in [3.05, 3.63) is 71.2 Å². The number of alkyl halides is 3. The minimum atomic E-state index is -4.48. The van der Waals surface area contributed by atoms with Crippen molar-refractivity contribution in [3.63, 3.8) is 0 Å². The largest absolute Gasteiger partial charge is 0.479 e. The second-order valence-corrected chi connectivity index (χ2v) is 6.24. The van der Waals surface area contributed by atoms with Crippen LogP contribution in [0.3, 0.4) is 0 Å². The van der Waals surface area contributed by atoms with Gasteiger partial charge in [0.2, 0.25) is 0 Å². The average Bonchev–Trinajstić information content (AvgIpc) is 3.11. The van der Waals surface area contributed by atoms with Crippen molar-refractivity contribution in [1.29, 1.82) is 5.26 Å². The molecule has 0 bridgehead atoms. The van der Waals surface area contributed by atoms with Crippen LogP contribution in [0.2, 0.25) is 0 Å². The average molecular weight is 415 g/mol. The van der Waals surface area contributed by atoms with E-state index in [2.05, 4.69) is 15.4 Å². The van der Waals surface area contributed by atoms with Crippen LogP contribution < -0.4 is 10.1 Å². The molecule has 3 rings (SSSR count). The van der Waals surface area contributed by atoms with Gasteiger partial charge in [0.15, 0.2) is 12.4 Å². The molecular weight excluding hydrogens is 399 g/mol. The monoisotopic (exact) mass is 415 g/mol. The number of hydrogen-bond donors (Lipinski definition) is 1. The number of aromatic nitrogens is 3. The molecule has 0 radical (unpaired) electrons. The van der Waals surface area contributed by atoms with Crippen LogP contribution in [-0.2, 0) is 12.7 Å². The topological polar surface area (TPSA) is 92.8 Å². The van der Waals surface area contributed by atoms with E-state index in [1.54, 1.807) is 31.2 Å². The third kappa shape index (κ3) is 4.75. The van der Waals surface area contributed by atoms with Gasteiger partial charge in [-0.2, -0.15) is 23.5 Å². The first kappa shape index (κ1) is 20.9. The number of hydrogen-bond acceptors (Lipinski definition) is 5. The minimum absolute atomic E-state index is 0.0772. The van der Waals surface area contributed by atoms with Gasteiger partial charge in [-0.15, -0.1) is 0 Å². The van der Waals surface area contributed by atoms with E-state index in [9.17, 15) is 18.0 Å². The molecule has 0 aliphatic rings. The van der Waals surface area contributed by atoms with E-state index in [0.717, 1.165) is 17.8 Å². The number of nitrogens with one attached hydrogen (secondary N) is 1. The van der Waals surface area contributed by atoms with E-state index in [0.29, 0.717) is 11.4 Å². The number of pyridine rings is 1. The van der Waals surface area contributed by atoms with E-state index < -0.39 is 17.6 Å². The van der Waals surface area contributed by atoms with Gasteiger partial charge >= 0.3 is 6.18 Å². The highest BCUT2D eigenvalue weighted by Gasteiger charge is 2.30. The maximum Gasteiger partial charge on any atom is 0.417 e. The summed E-state index contributed by atoms with van der Waals surface area (Å²) in [6.45, 7) is 1.76. The molecule has 0 spiro atoms. The number of amides is 1. The molecule has 0 saturated heterocycles. The van der Waals surface area contributed by atoms with Gasteiger partial charge in [0.25, 0.3) is 5.91 Å². The van der Waals surface area contributed by atoms with Crippen molar-refractivity contribution < 1.29 is 22.7 Å². The lowest BCUT2D eigenvalue weighted by Crippen LogP contribution is -2.23. The van der Waals surface area contributed by atoms with E-state index in [-0.39, 0.29) is 24.5 Å². The number of nitriles is 1. The van der Waals surface area contributed by atoms with Crippen LogP contribution in [0.15, 0.2) is 48.8 Å². The van der Waals surface area contributed by atoms with Crippen molar-refractivity contribution in [1.82, 2.24) is 20.1 Å². The Hall–Kier alpha value is -3.87. The quantitative estimate of drug-likeness (QED) is 0.666. The van der Waals surface area contributed by atoms with Crippen molar-refractivity contribution in [2.45, 2.75) is 19.6 Å². The summed E-state index contributed by atoms with van der Waals surface area (Å²) in [4.78, 5) is 16.3. The van der Waals surface area contributed by atoms with E-state index in [1.165, 1.54) is 16.9 Å². The molecule has 154 valence electrons. The number of rotatable bonds is 6.